The van der Waals surface area contributed by atoms with Gasteiger partial charge in [0, 0.05) is 14.1 Å². The molecule has 1 aromatic rings. The molecule has 4 heteroatoms. The zero-order chi connectivity index (χ0) is 9.84. The van der Waals surface area contributed by atoms with E-state index in [1.165, 1.54) is 12.1 Å². The first-order valence-electron chi connectivity index (χ1n) is 3.77. The van der Waals surface area contributed by atoms with Crippen LogP contribution in [0.3, 0.4) is 0 Å². The zero-order valence-corrected chi connectivity index (χ0v) is 7.50. The Balaban J connectivity index is 2.91. The highest BCUT2D eigenvalue weighted by molar-refractivity contribution is 5.47. The van der Waals surface area contributed by atoms with Crippen molar-refractivity contribution >= 4 is 5.69 Å². The maximum absolute atomic E-state index is 13.0. The zero-order valence-electron chi connectivity index (χ0n) is 7.50. The van der Waals surface area contributed by atoms with Crippen LogP contribution in [0.15, 0.2) is 18.2 Å². The summed E-state index contributed by atoms with van der Waals surface area (Å²) in [7, 11) is 3.60. The van der Waals surface area contributed by atoms with Crippen LogP contribution in [0.2, 0.25) is 0 Å². The summed E-state index contributed by atoms with van der Waals surface area (Å²) < 4.78 is 13.0. The topological polar surface area (TPSA) is 39.1 Å². The molecule has 68 valence electrons. The lowest BCUT2D eigenvalue weighted by Crippen LogP contribution is -2.19. The average molecular weight is 179 g/mol. The predicted octanol–water partition coefficient (Wildman–Crippen LogP) is 1.59. The van der Waals surface area contributed by atoms with E-state index in [0.717, 1.165) is 0 Å². The van der Waals surface area contributed by atoms with E-state index in [1.54, 1.807) is 31.2 Å². The molecule has 0 spiro atoms. The average Bonchev–Trinajstić information content (AvgIpc) is 2.03. The van der Waals surface area contributed by atoms with Gasteiger partial charge in [0.1, 0.15) is 11.9 Å². The van der Waals surface area contributed by atoms with Crippen molar-refractivity contribution in [3.05, 3.63) is 29.6 Å². The highest BCUT2D eigenvalue weighted by atomic mass is 19.1. The van der Waals surface area contributed by atoms with Crippen LogP contribution in [0.25, 0.3) is 0 Å². The molecule has 0 aliphatic heterocycles. The van der Waals surface area contributed by atoms with Crippen molar-refractivity contribution in [2.45, 2.75) is 0 Å². The van der Waals surface area contributed by atoms with Crippen molar-refractivity contribution in [1.82, 2.24) is 5.01 Å². The third kappa shape index (κ3) is 2.42. The SMILES string of the molecule is CN(C)Nc1ccc(C#N)c(F)c1. The molecule has 0 atom stereocenters. The van der Waals surface area contributed by atoms with Gasteiger partial charge in [0.25, 0.3) is 0 Å². The summed E-state index contributed by atoms with van der Waals surface area (Å²) in [6, 6.07) is 6.15. The Labute approximate surface area is 76.4 Å². The standard InChI is InChI=1S/C9H10FN3/c1-13(2)12-8-4-3-7(6-11)9(10)5-8/h3-5,12H,1-2H3. The number of halogens is 1. The first-order valence-corrected chi connectivity index (χ1v) is 3.77. The first kappa shape index (κ1) is 9.49. The van der Waals surface area contributed by atoms with E-state index in [-0.39, 0.29) is 5.56 Å². The van der Waals surface area contributed by atoms with Gasteiger partial charge in [0.15, 0.2) is 0 Å². The molecule has 0 aliphatic rings. The number of nitrogens with zero attached hydrogens (tertiary/aromatic N) is 2. The summed E-state index contributed by atoms with van der Waals surface area (Å²) in [4.78, 5) is 0. The predicted molar refractivity (Wildman–Crippen MR) is 48.4 cm³/mol. The molecular weight excluding hydrogens is 169 g/mol. The van der Waals surface area contributed by atoms with E-state index >= 15 is 0 Å². The highest BCUT2D eigenvalue weighted by Crippen LogP contribution is 2.13. The number of benzene rings is 1. The lowest BCUT2D eigenvalue weighted by molar-refractivity contribution is 0.494. The Morgan fingerprint density at radius 3 is 2.62 bits per heavy atom. The largest absolute Gasteiger partial charge is 0.319 e. The fourth-order valence-corrected chi connectivity index (χ4v) is 0.934. The number of rotatable bonds is 2. The second-order valence-electron chi connectivity index (χ2n) is 2.81. The van der Waals surface area contributed by atoms with Crippen LogP contribution < -0.4 is 5.43 Å². The van der Waals surface area contributed by atoms with Gasteiger partial charge in [0.05, 0.1) is 11.3 Å². The molecule has 0 saturated carbocycles. The maximum Gasteiger partial charge on any atom is 0.143 e. The van der Waals surface area contributed by atoms with Crippen LogP contribution in [0.4, 0.5) is 10.1 Å². The molecule has 0 fully saturated rings. The van der Waals surface area contributed by atoms with Crippen LogP contribution in [0.1, 0.15) is 5.56 Å². The normalized spacial score (nSPS) is 9.77. The Kier molecular flexibility index (Phi) is 2.83. The van der Waals surface area contributed by atoms with Gasteiger partial charge >= 0.3 is 0 Å². The molecule has 0 saturated heterocycles. The van der Waals surface area contributed by atoms with E-state index in [4.69, 9.17) is 5.26 Å². The van der Waals surface area contributed by atoms with Gasteiger partial charge in [0.2, 0.25) is 0 Å². The molecular formula is C9H10FN3. The number of hydrazine groups is 1. The molecule has 1 aromatic carbocycles. The minimum atomic E-state index is -0.505. The van der Waals surface area contributed by atoms with Gasteiger partial charge in [-0.15, -0.1) is 0 Å². The Morgan fingerprint density at radius 1 is 1.46 bits per heavy atom. The van der Waals surface area contributed by atoms with Crippen molar-refractivity contribution in [1.29, 1.82) is 5.26 Å². The fraction of sp³-hybridized carbons (Fsp3) is 0.222. The third-order valence-corrected chi connectivity index (χ3v) is 1.44. The van der Waals surface area contributed by atoms with Gasteiger partial charge in [-0.2, -0.15) is 5.26 Å². The van der Waals surface area contributed by atoms with Crippen molar-refractivity contribution < 1.29 is 4.39 Å². The summed E-state index contributed by atoms with van der Waals surface area (Å²) >= 11 is 0. The van der Waals surface area contributed by atoms with E-state index in [1.807, 2.05) is 0 Å². The number of hydrogen-bond acceptors (Lipinski definition) is 3. The van der Waals surface area contributed by atoms with Crippen molar-refractivity contribution in [3.63, 3.8) is 0 Å². The third-order valence-electron chi connectivity index (χ3n) is 1.44. The van der Waals surface area contributed by atoms with E-state index in [9.17, 15) is 4.39 Å². The monoisotopic (exact) mass is 179 g/mol. The molecule has 0 radical (unpaired) electrons. The number of anilines is 1. The number of hydrogen-bond donors (Lipinski definition) is 1. The summed E-state index contributed by atoms with van der Waals surface area (Å²) in [6.07, 6.45) is 0. The van der Waals surface area contributed by atoms with Crippen LogP contribution >= 0.6 is 0 Å². The summed E-state index contributed by atoms with van der Waals surface area (Å²) in [5, 5.41) is 10.2. The minimum absolute atomic E-state index is 0.0595. The Bertz CT molecular complexity index is 341. The molecule has 0 bridgehead atoms. The Hall–Kier alpha value is -1.60. The maximum atomic E-state index is 13.0. The summed E-state index contributed by atoms with van der Waals surface area (Å²) in [6.45, 7) is 0. The number of nitriles is 1. The van der Waals surface area contributed by atoms with Crippen LogP contribution in [0, 0.1) is 17.1 Å². The molecule has 0 heterocycles. The summed E-state index contributed by atoms with van der Waals surface area (Å²) in [5.74, 6) is -0.505. The lowest BCUT2D eigenvalue weighted by atomic mass is 10.2. The molecule has 0 aliphatic carbocycles. The summed E-state index contributed by atoms with van der Waals surface area (Å²) in [5.41, 5.74) is 3.57. The van der Waals surface area contributed by atoms with Crippen molar-refractivity contribution in [2.75, 3.05) is 19.5 Å². The molecule has 0 aromatic heterocycles. The van der Waals surface area contributed by atoms with Gasteiger partial charge in [-0.25, -0.2) is 9.40 Å². The van der Waals surface area contributed by atoms with Crippen molar-refractivity contribution in [3.8, 4) is 6.07 Å². The van der Waals surface area contributed by atoms with Gasteiger partial charge in [-0.05, 0) is 18.2 Å². The smallest absolute Gasteiger partial charge is 0.143 e. The first-order chi connectivity index (χ1) is 6.13. The molecule has 3 nitrogen and oxygen atoms in total. The quantitative estimate of drug-likeness (QED) is 0.700. The fourth-order valence-electron chi connectivity index (χ4n) is 0.934. The molecule has 1 N–H and O–H groups in total. The van der Waals surface area contributed by atoms with Crippen molar-refractivity contribution in [2.24, 2.45) is 0 Å². The van der Waals surface area contributed by atoms with Crippen LogP contribution in [-0.2, 0) is 0 Å². The Morgan fingerprint density at radius 2 is 2.15 bits per heavy atom. The molecule has 1 rings (SSSR count). The molecule has 13 heavy (non-hydrogen) atoms. The van der Waals surface area contributed by atoms with Crippen LogP contribution in [0.5, 0.6) is 0 Å². The molecule has 0 unspecified atom stereocenters. The minimum Gasteiger partial charge on any atom is -0.319 e. The van der Waals surface area contributed by atoms with E-state index in [2.05, 4.69) is 5.43 Å². The van der Waals surface area contributed by atoms with Gasteiger partial charge in [-0.3, -0.25) is 0 Å². The second-order valence-corrected chi connectivity index (χ2v) is 2.81. The van der Waals surface area contributed by atoms with E-state index in [0.29, 0.717) is 5.69 Å². The van der Waals surface area contributed by atoms with E-state index < -0.39 is 5.82 Å². The van der Waals surface area contributed by atoms with Gasteiger partial charge in [-0.1, -0.05) is 0 Å². The lowest BCUT2D eigenvalue weighted by Gasteiger charge is -2.13. The van der Waals surface area contributed by atoms with Gasteiger partial charge < -0.3 is 5.43 Å². The number of nitrogens with one attached hydrogen (secondary N) is 1. The molecule has 0 amide bonds. The highest BCUT2D eigenvalue weighted by Gasteiger charge is 2.02. The second kappa shape index (κ2) is 3.87. The van der Waals surface area contributed by atoms with Crippen LogP contribution in [-0.4, -0.2) is 19.1 Å².